The van der Waals surface area contributed by atoms with E-state index in [0.29, 0.717) is 36.7 Å². The quantitative estimate of drug-likeness (QED) is 0.600. The lowest BCUT2D eigenvalue weighted by Gasteiger charge is -2.34. The fraction of sp³-hybridized carbons (Fsp3) is 0.400. The average molecular weight is 391 g/mol. The van der Waals surface area contributed by atoms with Crippen molar-refractivity contribution in [1.29, 1.82) is 0 Å². The lowest BCUT2D eigenvalue weighted by molar-refractivity contribution is 0.0684. The van der Waals surface area contributed by atoms with E-state index < -0.39 is 5.97 Å². The molecule has 0 saturated heterocycles. The van der Waals surface area contributed by atoms with Gasteiger partial charge in [-0.05, 0) is 29.9 Å². The number of rotatable bonds is 6. The molecule has 1 aromatic heterocycles. The van der Waals surface area contributed by atoms with Crippen molar-refractivity contribution in [2.45, 2.75) is 52.2 Å². The summed E-state index contributed by atoms with van der Waals surface area (Å²) in [6.45, 7) is 5.79. The fourth-order valence-corrected chi connectivity index (χ4v) is 4.83. The molecule has 29 heavy (non-hydrogen) atoms. The SMILES string of the molecule is C[C@@H]1[C@H](C)CCC[C@@H]1NCc1c(C(=O)O)n(Cc2ccccc2)c2ccccc12. The third kappa shape index (κ3) is 3.95. The molecular formula is C25H30N2O2. The van der Waals surface area contributed by atoms with Gasteiger partial charge in [0.1, 0.15) is 5.69 Å². The van der Waals surface area contributed by atoms with Crippen LogP contribution in [0, 0.1) is 11.8 Å². The maximum absolute atomic E-state index is 12.3. The smallest absolute Gasteiger partial charge is 0.352 e. The Bertz CT molecular complexity index is 993. The molecule has 4 nitrogen and oxygen atoms in total. The van der Waals surface area contributed by atoms with E-state index >= 15 is 0 Å². The van der Waals surface area contributed by atoms with Crippen LogP contribution in [0.2, 0.25) is 0 Å². The van der Waals surface area contributed by atoms with E-state index in [4.69, 9.17) is 0 Å². The molecule has 1 aliphatic carbocycles. The zero-order valence-corrected chi connectivity index (χ0v) is 17.3. The van der Waals surface area contributed by atoms with Gasteiger partial charge in [0.25, 0.3) is 0 Å². The zero-order valence-electron chi connectivity index (χ0n) is 17.3. The van der Waals surface area contributed by atoms with Gasteiger partial charge in [-0.2, -0.15) is 0 Å². The Morgan fingerprint density at radius 3 is 2.55 bits per heavy atom. The minimum Gasteiger partial charge on any atom is -0.477 e. The Kier molecular flexibility index (Phi) is 5.72. The summed E-state index contributed by atoms with van der Waals surface area (Å²) in [5.41, 5.74) is 3.38. The fourth-order valence-electron chi connectivity index (χ4n) is 4.83. The second kappa shape index (κ2) is 8.42. The molecule has 0 amide bonds. The third-order valence-electron chi connectivity index (χ3n) is 6.71. The summed E-state index contributed by atoms with van der Waals surface area (Å²) in [5, 5.41) is 14.8. The van der Waals surface area contributed by atoms with Gasteiger partial charge in [-0.15, -0.1) is 0 Å². The number of nitrogens with one attached hydrogen (secondary N) is 1. The largest absolute Gasteiger partial charge is 0.477 e. The van der Waals surface area contributed by atoms with Crippen molar-refractivity contribution in [1.82, 2.24) is 9.88 Å². The molecule has 0 aliphatic heterocycles. The number of benzene rings is 2. The van der Waals surface area contributed by atoms with Gasteiger partial charge in [-0.1, -0.05) is 75.2 Å². The van der Waals surface area contributed by atoms with E-state index in [-0.39, 0.29) is 0 Å². The molecule has 0 bridgehead atoms. The first-order valence-corrected chi connectivity index (χ1v) is 10.7. The van der Waals surface area contributed by atoms with E-state index in [9.17, 15) is 9.90 Å². The normalized spacial score (nSPS) is 22.1. The molecule has 2 N–H and O–H groups in total. The van der Waals surface area contributed by atoms with Gasteiger partial charge in [0.05, 0.1) is 0 Å². The van der Waals surface area contributed by atoms with Gasteiger partial charge in [0.2, 0.25) is 0 Å². The Morgan fingerprint density at radius 1 is 1.07 bits per heavy atom. The Hall–Kier alpha value is -2.59. The Balaban J connectivity index is 1.71. The highest BCUT2D eigenvalue weighted by Crippen LogP contribution is 2.31. The van der Waals surface area contributed by atoms with Crippen LogP contribution in [-0.4, -0.2) is 21.7 Å². The molecular weight excluding hydrogens is 360 g/mol. The van der Waals surface area contributed by atoms with Gasteiger partial charge >= 0.3 is 5.97 Å². The number of fused-ring (bicyclic) bond motifs is 1. The van der Waals surface area contributed by atoms with Crippen LogP contribution in [0.15, 0.2) is 54.6 Å². The van der Waals surface area contributed by atoms with Crippen LogP contribution in [0.1, 0.15) is 54.7 Å². The first kappa shape index (κ1) is 19.7. The highest BCUT2D eigenvalue weighted by molar-refractivity contribution is 5.98. The second-order valence-electron chi connectivity index (χ2n) is 8.48. The van der Waals surface area contributed by atoms with Crippen molar-refractivity contribution in [3.05, 3.63) is 71.4 Å². The minimum absolute atomic E-state index is 0.402. The number of carboxylic acid groups (broad SMARTS) is 1. The molecule has 4 heteroatoms. The van der Waals surface area contributed by atoms with Crippen molar-refractivity contribution in [3.63, 3.8) is 0 Å². The summed E-state index contributed by atoms with van der Waals surface area (Å²) >= 11 is 0. The first-order valence-electron chi connectivity index (χ1n) is 10.7. The molecule has 4 rings (SSSR count). The second-order valence-corrected chi connectivity index (χ2v) is 8.48. The average Bonchev–Trinajstić information content (AvgIpc) is 3.04. The van der Waals surface area contributed by atoms with Crippen LogP contribution in [0.25, 0.3) is 10.9 Å². The van der Waals surface area contributed by atoms with Gasteiger partial charge in [-0.25, -0.2) is 4.79 Å². The summed E-state index contributed by atoms with van der Waals surface area (Å²) in [6, 6.07) is 18.6. The summed E-state index contributed by atoms with van der Waals surface area (Å²) < 4.78 is 1.96. The third-order valence-corrected chi connectivity index (χ3v) is 6.71. The maximum Gasteiger partial charge on any atom is 0.352 e. The monoisotopic (exact) mass is 390 g/mol. The standard InChI is InChI=1S/C25H30N2O2/c1-17-9-8-13-22(18(17)2)26-15-21-20-12-6-7-14-23(20)27(24(21)25(28)29)16-19-10-4-3-5-11-19/h3-7,10-12,14,17-18,22,26H,8-9,13,15-16H2,1-2H3,(H,28,29)/t17-,18-,22+/m1/s1. The van der Waals surface area contributed by atoms with Crippen LogP contribution in [-0.2, 0) is 13.1 Å². The zero-order chi connectivity index (χ0) is 20.4. The highest BCUT2D eigenvalue weighted by Gasteiger charge is 2.28. The van der Waals surface area contributed by atoms with Crippen LogP contribution in [0.4, 0.5) is 0 Å². The lowest BCUT2D eigenvalue weighted by atomic mass is 9.78. The first-order chi connectivity index (χ1) is 14.1. The molecule has 1 aliphatic rings. The van der Waals surface area contributed by atoms with Crippen LogP contribution >= 0.6 is 0 Å². The van der Waals surface area contributed by atoms with Gasteiger partial charge < -0.3 is 15.0 Å². The molecule has 1 fully saturated rings. The molecule has 3 aromatic rings. The lowest BCUT2D eigenvalue weighted by Crippen LogP contribution is -2.40. The molecule has 0 spiro atoms. The Morgan fingerprint density at radius 2 is 1.79 bits per heavy atom. The van der Waals surface area contributed by atoms with Gasteiger partial charge in [0, 0.05) is 35.6 Å². The number of nitrogens with zero attached hydrogens (tertiary/aromatic N) is 1. The van der Waals surface area contributed by atoms with E-state index in [1.54, 1.807) is 0 Å². The van der Waals surface area contributed by atoms with Crippen molar-refractivity contribution in [2.75, 3.05) is 0 Å². The van der Waals surface area contributed by atoms with E-state index in [1.807, 2.05) is 59.2 Å². The van der Waals surface area contributed by atoms with Crippen LogP contribution in [0.3, 0.4) is 0 Å². The molecule has 152 valence electrons. The summed E-state index contributed by atoms with van der Waals surface area (Å²) in [5.74, 6) is 0.452. The molecule has 3 atom stereocenters. The molecule has 1 heterocycles. The van der Waals surface area contributed by atoms with E-state index in [1.165, 1.54) is 12.8 Å². The van der Waals surface area contributed by atoms with Crippen LogP contribution < -0.4 is 5.32 Å². The van der Waals surface area contributed by atoms with Crippen molar-refractivity contribution < 1.29 is 9.90 Å². The number of para-hydroxylation sites is 1. The van der Waals surface area contributed by atoms with Gasteiger partial charge in [-0.3, -0.25) is 0 Å². The molecule has 1 saturated carbocycles. The number of aromatic carboxylic acids is 1. The molecule has 2 aromatic carbocycles. The number of hydrogen-bond acceptors (Lipinski definition) is 2. The number of carboxylic acids is 1. The van der Waals surface area contributed by atoms with E-state index in [0.717, 1.165) is 28.5 Å². The van der Waals surface area contributed by atoms with E-state index in [2.05, 4.69) is 19.2 Å². The topological polar surface area (TPSA) is 54.3 Å². The van der Waals surface area contributed by atoms with Crippen molar-refractivity contribution >= 4 is 16.9 Å². The van der Waals surface area contributed by atoms with Crippen molar-refractivity contribution in [3.8, 4) is 0 Å². The predicted molar refractivity (Wildman–Crippen MR) is 117 cm³/mol. The van der Waals surface area contributed by atoms with Crippen LogP contribution in [0.5, 0.6) is 0 Å². The number of carbonyl (C=O) groups is 1. The Labute approximate surface area is 172 Å². The summed E-state index contributed by atoms with van der Waals surface area (Å²) in [4.78, 5) is 12.3. The molecule has 0 unspecified atom stereocenters. The maximum atomic E-state index is 12.3. The van der Waals surface area contributed by atoms with Crippen molar-refractivity contribution in [2.24, 2.45) is 11.8 Å². The molecule has 0 radical (unpaired) electrons. The number of aromatic nitrogens is 1. The summed E-state index contributed by atoms with van der Waals surface area (Å²) in [7, 11) is 0. The highest BCUT2D eigenvalue weighted by atomic mass is 16.4. The van der Waals surface area contributed by atoms with Gasteiger partial charge in [0.15, 0.2) is 0 Å². The summed E-state index contributed by atoms with van der Waals surface area (Å²) in [6.07, 6.45) is 3.69. The number of hydrogen-bond donors (Lipinski definition) is 2. The predicted octanol–water partition coefficient (Wildman–Crippen LogP) is 5.30. The minimum atomic E-state index is -0.862.